The molecule has 1 aromatic carbocycles. The van der Waals surface area contributed by atoms with E-state index in [9.17, 15) is 4.79 Å². The second-order valence-electron chi connectivity index (χ2n) is 3.61. The third-order valence-corrected chi connectivity index (χ3v) is 2.60. The number of nitriles is 1. The predicted molar refractivity (Wildman–Crippen MR) is 53.2 cm³/mol. The molecule has 1 aliphatic heterocycles. The molecule has 82 valence electrons. The highest BCUT2D eigenvalue weighted by atomic mass is 16.7. The first-order valence-electron chi connectivity index (χ1n) is 4.62. The van der Waals surface area contributed by atoms with Crippen LogP contribution in [-0.4, -0.2) is 17.9 Å². The Balaban J connectivity index is 2.49. The van der Waals surface area contributed by atoms with Crippen LogP contribution in [0.1, 0.15) is 12.5 Å². The summed E-state index contributed by atoms with van der Waals surface area (Å²) in [6, 6.07) is 6.48. The van der Waals surface area contributed by atoms with Crippen molar-refractivity contribution < 1.29 is 19.4 Å². The summed E-state index contributed by atoms with van der Waals surface area (Å²) in [7, 11) is 0. The Bertz CT molecular complexity index is 491. The van der Waals surface area contributed by atoms with Crippen molar-refractivity contribution in [3.05, 3.63) is 23.8 Å². The quantitative estimate of drug-likeness (QED) is 0.810. The molecule has 0 amide bonds. The molecule has 0 spiro atoms. The largest absolute Gasteiger partial charge is 0.480 e. The number of hydrogen-bond donors (Lipinski definition) is 1. The first-order chi connectivity index (χ1) is 7.58. The Morgan fingerprint density at radius 2 is 2.19 bits per heavy atom. The predicted octanol–water partition coefficient (Wildman–Crippen LogP) is 1.28. The fourth-order valence-electron chi connectivity index (χ4n) is 1.44. The maximum Gasteiger partial charge on any atom is 0.328 e. The number of aliphatic carboxylic acids is 1. The minimum absolute atomic E-state index is 0.120. The van der Waals surface area contributed by atoms with E-state index in [1.54, 1.807) is 18.2 Å². The van der Waals surface area contributed by atoms with Gasteiger partial charge in [0.1, 0.15) is 0 Å². The van der Waals surface area contributed by atoms with Gasteiger partial charge < -0.3 is 14.6 Å². The zero-order valence-corrected chi connectivity index (χ0v) is 8.56. The van der Waals surface area contributed by atoms with Gasteiger partial charge in [0.25, 0.3) is 0 Å². The molecular formula is C11H9NO4. The normalized spacial score (nSPS) is 16.2. The molecule has 1 atom stereocenters. The molecule has 0 bridgehead atoms. The number of ether oxygens (including phenoxy) is 2. The Morgan fingerprint density at radius 1 is 1.50 bits per heavy atom. The van der Waals surface area contributed by atoms with Crippen molar-refractivity contribution in [3.63, 3.8) is 0 Å². The third-order valence-electron chi connectivity index (χ3n) is 2.60. The molecule has 1 N–H and O–H groups in total. The van der Waals surface area contributed by atoms with Crippen LogP contribution in [0.25, 0.3) is 0 Å². The molecule has 1 aromatic rings. The molecule has 0 aromatic heterocycles. The summed E-state index contributed by atoms with van der Waals surface area (Å²) in [6.45, 7) is 1.47. The molecule has 0 radical (unpaired) electrons. The van der Waals surface area contributed by atoms with Crippen molar-refractivity contribution in [1.82, 2.24) is 0 Å². The van der Waals surface area contributed by atoms with Crippen molar-refractivity contribution in [2.75, 3.05) is 6.79 Å². The van der Waals surface area contributed by atoms with E-state index in [1.807, 2.05) is 0 Å². The summed E-state index contributed by atoms with van der Waals surface area (Å²) in [5, 5.41) is 18.0. The maximum absolute atomic E-state index is 11.1. The number of carboxylic acid groups (broad SMARTS) is 1. The van der Waals surface area contributed by atoms with Gasteiger partial charge in [-0.05, 0) is 24.6 Å². The second kappa shape index (κ2) is 3.42. The lowest BCUT2D eigenvalue weighted by Gasteiger charge is -2.16. The first-order valence-corrected chi connectivity index (χ1v) is 4.62. The molecule has 1 unspecified atom stereocenters. The SMILES string of the molecule is CC(C#N)(C(=O)O)c1ccc2c(c1)OCO2. The fourth-order valence-corrected chi connectivity index (χ4v) is 1.44. The number of rotatable bonds is 2. The van der Waals surface area contributed by atoms with E-state index in [4.69, 9.17) is 19.8 Å². The van der Waals surface area contributed by atoms with Gasteiger partial charge >= 0.3 is 5.97 Å². The molecule has 0 saturated carbocycles. The highest BCUT2D eigenvalue weighted by molar-refractivity contribution is 5.84. The number of carboxylic acids is 1. The Morgan fingerprint density at radius 3 is 2.81 bits per heavy atom. The topological polar surface area (TPSA) is 79.6 Å². The summed E-state index contributed by atoms with van der Waals surface area (Å²) in [5.41, 5.74) is -1.19. The number of benzene rings is 1. The van der Waals surface area contributed by atoms with Gasteiger partial charge in [0, 0.05) is 0 Å². The second-order valence-corrected chi connectivity index (χ2v) is 3.61. The van der Waals surface area contributed by atoms with E-state index < -0.39 is 11.4 Å². The number of hydrogen-bond acceptors (Lipinski definition) is 4. The number of nitrogens with zero attached hydrogens (tertiary/aromatic N) is 1. The van der Waals surface area contributed by atoms with Crippen molar-refractivity contribution in [3.8, 4) is 17.6 Å². The lowest BCUT2D eigenvalue weighted by Crippen LogP contribution is -2.30. The zero-order chi connectivity index (χ0) is 11.8. The molecule has 16 heavy (non-hydrogen) atoms. The minimum Gasteiger partial charge on any atom is -0.480 e. The molecule has 0 fully saturated rings. The van der Waals surface area contributed by atoms with E-state index in [1.165, 1.54) is 13.0 Å². The Hall–Kier alpha value is -2.22. The van der Waals surface area contributed by atoms with Crippen LogP contribution in [0.15, 0.2) is 18.2 Å². The third kappa shape index (κ3) is 1.36. The average molecular weight is 219 g/mol. The van der Waals surface area contributed by atoms with E-state index in [-0.39, 0.29) is 6.79 Å². The Labute approximate surface area is 91.8 Å². The van der Waals surface area contributed by atoms with Gasteiger partial charge in [0.05, 0.1) is 6.07 Å². The fraction of sp³-hybridized carbons (Fsp3) is 0.273. The summed E-state index contributed by atoms with van der Waals surface area (Å²) >= 11 is 0. The van der Waals surface area contributed by atoms with Gasteiger partial charge in [-0.2, -0.15) is 5.26 Å². The summed E-state index contributed by atoms with van der Waals surface area (Å²) in [6.07, 6.45) is 0. The maximum atomic E-state index is 11.1. The van der Waals surface area contributed by atoms with Crippen LogP contribution in [0.3, 0.4) is 0 Å². The van der Waals surface area contributed by atoms with Crippen LogP contribution >= 0.6 is 0 Å². The lowest BCUT2D eigenvalue weighted by molar-refractivity contribution is -0.141. The van der Waals surface area contributed by atoms with Gasteiger partial charge in [-0.15, -0.1) is 0 Å². The number of fused-ring (bicyclic) bond motifs is 1. The summed E-state index contributed by atoms with van der Waals surface area (Å²) < 4.78 is 10.2. The van der Waals surface area contributed by atoms with E-state index >= 15 is 0 Å². The van der Waals surface area contributed by atoms with Crippen molar-refractivity contribution in [2.45, 2.75) is 12.3 Å². The average Bonchev–Trinajstić information content (AvgIpc) is 2.74. The first kappa shape index (κ1) is 10.3. The molecule has 5 nitrogen and oxygen atoms in total. The van der Waals surface area contributed by atoms with E-state index in [0.717, 1.165) is 0 Å². The van der Waals surface area contributed by atoms with Crippen LogP contribution < -0.4 is 9.47 Å². The molecule has 2 rings (SSSR count). The van der Waals surface area contributed by atoms with Crippen LogP contribution in [0, 0.1) is 11.3 Å². The smallest absolute Gasteiger partial charge is 0.328 e. The monoisotopic (exact) mass is 219 g/mol. The van der Waals surface area contributed by atoms with Crippen LogP contribution in [0.2, 0.25) is 0 Å². The van der Waals surface area contributed by atoms with Crippen molar-refractivity contribution >= 4 is 5.97 Å². The highest BCUT2D eigenvalue weighted by Gasteiger charge is 2.36. The number of carbonyl (C=O) groups is 1. The molecule has 1 heterocycles. The lowest BCUT2D eigenvalue weighted by atomic mass is 9.84. The summed E-state index contributed by atoms with van der Waals surface area (Å²) in [4.78, 5) is 11.1. The van der Waals surface area contributed by atoms with Crippen LogP contribution in [0.5, 0.6) is 11.5 Å². The van der Waals surface area contributed by atoms with Gasteiger partial charge in [0.2, 0.25) is 6.79 Å². The van der Waals surface area contributed by atoms with Crippen LogP contribution in [-0.2, 0) is 10.2 Å². The van der Waals surface area contributed by atoms with Crippen molar-refractivity contribution in [1.29, 1.82) is 5.26 Å². The molecule has 5 heteroatoms. The van der Waals surface area contributed by atoms with Gasteiger partial charge in [-0.1, -0.05) is 6.07 Å². The molecule has 1 aliphatic rings. The van der Waals surface area contributed by atoms with Crippen molar-refractivity contribution in [2.24, 2.45) is 0 Å². The Kier molecular flexibility index (Phi) is 2.20. The standard InChI is InChI=1S/C11H9NO4/c1-11(5-12,10(13)14)7-2-3-8-9(4-7)16-6-15-8/h2-4H,6H2,1H3,(H,13,14). The van der Waals surface area contributed by atoms with E-state index in [2.05, 4.69) is 0 Å². The van der Waals surface area contributed by atoms with Gasteiger partial charge in [0.15, 0.2) is 16.9 Å². The van der Waals surface area contributed by atoms with Gasteiger partial charge in [-0.25, -0.2) is 0 Å². The highest BCUT2D eigenvalue weighted by Crippen LogP contribution is 2.36. The van der Waals surface area contributed by atoms with Crippen LogP contribution in [0.4, 0.5) is 0 Å². The summed E-state index contributed by atoms with van der Waals surface area (Å²) in [5.74, 6) is -0.150. The molecule has 0 saturated heterocycles. The minimum atomic E-state index is -1.57. The molecule has 0 aliphatic carbocycles. The van der Waals surface area contributed by atoms with E-state index in [0.29, 0.717) is 17.1 Å². The molecular weight excluding hydrogens is 210 g/mol. The van der Waals surface area contributed by atoms with Gasteiger partial charge in [-0.3, -0.25) is 4.79 Å². The zero-order valence-electron chi connectivity index (χ0n) is 8.56.